The van der Waals surface area contributed by atoms with Crippen molar-refractivity contribution in [3.63, 3.8) is 0 Å². The number of rotatable bonds is 8. The van der Waals surface area contributed by atoms with Crippen LogP contribution >= 0.6 is 0 Å². The van der Waals surface area contributed by atoms with E-state index >= 15 is 0 Å². The van der Waals surface area contributed by atoms with Gasteiger partial charge >= 0.3 is 0 Å². The average molecular weight is 432 g/mol. The largest absolute Gasteiger partial charge is 0.378 e. The fourth-order valence-electron chi connectivity index (χ4n) is 4.19. The van der Waals surface area contributed by atoms with Gasteiger partial charge in [-0.25, -0.2) is 0 Å². The Labute approximate surface area is 185 Å². The van der Waals surface area contributed by atoms with Gasteiger partial charge in [-0.15, -0.1) is 0 Å². The molecule has 2 rings (SSSR count). The molecule has 1 heterocycles. The van der Waals surface area contributed by atoms with Crippen molar-refractivity contribution in [1.29, 1.82) is 0 Å². The van der Waals surface area contributed by atoms with Crippen LogP contribution in [0.4, 0.5) is 0 Å². The minimum atomic E-state index is -0.707. The summed E-state index contributed by atoms with van der Waals surface area (Å²) in [5.41, 5.74) is 0.551. The van der Waals surface area contributed by atoms with E-state index in [1.165, 1.54) is 0 Å². The van der Waals surface area contributed by atoms with E-state index in [2.05, 4.69) is 10.6 Å². The molecule has 0 aromatic heterocycles. The lowest BCUT2D eigenvalue weighted by atomic mass is 9.94. The van der Waals surface area contributed by atoms with Crippen LogP contribution in [0, 0.1) is 5.92 Å². The maximum absolute atomic E-state index is 13.2. The van der Waals surface area contributed by atoms with E-state index in [1.807, 2.05) is 51.1 Å². The van der Waals surface area contributed by atoms with Crippen LogP contribution in [-0.2, 0) is 25.5 Å². The van der Waals surface area contributed by atoms with Crippen molar-refractivity contribution in [2.24, 2.45) is 5.92 Å². The van der Waals surface area contributed by atoms with E-state index < -0.39 is 23.6 Å². The zero-order valence-corrected chi connectivity index (χ0v) is 19.6. The lowest BCUT2D eigenvalue weighted by Gasteiger charge is -2.34. The highest BCUT2D eigenvalue weighted by Gasteiger charge is 2.39. The maximum atomic E-state index is 13.2. The first-order chi connectivity index (χ1) is 14.5. The summed E-state index contributed by atoms with van der Waals surface area (Å²) in [6.45, 7) is 9.74. The summed E-state index contributed by atoms with van der Waals surface area (Å²) in [7, 11) is 1.57. The average Bonchev–Trinajstić information content (AvgIpc) is 3.17. The molecule has 0 saturated carbocycles. The van der Waals surface area contributed by atoms with Gasteiger partial charge < -0.3 is 20.3 Å². The van der Waals surface area contributed by atoms with Crippen molar-refractivity contribution in [2.45, 2.75) is 77.6 Å². The summed E-state index contributed by atoms with van der Waals surface area (Å²) < 4.78 is 5.68. The van der Waals surface area contributed by atoms with Crippen LogP contribution in [0.15, 0.2) is 30.3 Å². The normalized spacial score (nSPS) is 19.4. The molecule has 172 valence electrons. The number of nitrogens with zero attached hydrogens (tertiary/aromatic N) is 1. The van der Waals surface area contributed by atoms with E-state index in [1.54, 1.807) is 25.9 Å². The summed E-state index contributed by atoms with van der Waals surface area (Å²) in [4.78, 5) is 39.9. The van der Waals surface area contributed by atoms with E-state index in [4.69, 9.17) is 4.74 Å². The van der Waals surface area contributed by atoms with Gasteiger partial charge in [-0.05, 0) is 39.2 Å². The Morgan fingerprint density at radius 2 is 1.81 bits per heavy atom. The van der Waals surface area contributed by atoms with E-state index in [9.17, 15) is 14.4 Å². The number of nitrogens with one attached hydrogen (secondary N) is 2. The zero-order chi connectivity index (χ0) is 23.2. The van der Waals surface area contributed by atoms with Gasteiger partial charge in [0.05, 0.1) is 18.1 Å². The van der Waals surface area contributed by atoms with Gasteiger partial charge in [-0.2, -0.15) is 0 Å². The third-order valence-electron chi connectivity index (χ3n) is 5.68. The molecule has 1 fully saturated rings. The molecule has 0 unspecified atom stereocenters. The first-order valence-electron chi connectivity index (χ1n) is 11.0. The molecule has 1 aliphatic rings. The van der Waals surface area contributed by atoms with Crippen molar-refractivity contribution in [3.05, 3.63) is 35.9 Å². The fraction of sp³-hybridized carbons (Fsp3) is 0.625. The number of carbonyl (C=O) groups excluding carboxylic acids is 3. The van der Waals surface area contributed by atoms with Crippen LogP contribution in [0.2, 0.25) is 0 Å². The molecular weight excluding hydrogens is 394 g/mol. The van der Waals surface area contributed by atoms with Gasteiger partial charge in [0.1, 0.15) is 6.04 Å². The van der Waals surface area contributed by atoms with E-state index in [0.29, 0.717) is 13.0 Å². The highest BCUT2D eigenvalue weighted by atomic mass is 16.5. The molecule has 31 heavy (non-hydrogen) atoms. The summed E-state index contributed by atoms with van der Waals surface area (Å²) in [6.07, 6.45) is 1.65. The van der Waals surface area contributed by atoms with Gasteiger partial charge in [0.15, 0.2) is 0 Å². The Balaban J connectivity index is 2.16. The minimum absolute atomic E-state index is 0.0105. The molecule has 4 atom stereocenters. The molecule has 0 spiro atoms. The smallest absolute Gasteiger partial charge is 0.243 e. The van der Waals surface area contributed by atoms with Crippen LogP contribution in [0.1, 0.15) is 53.0 Å². The second-order valence-electron chi connectivity index (χ2n) is 9.40. The van der Waals surface area contributed by atoms with Gasteiger partial charge in [0.25, 0.3) is 0 Å². The fourth-order valence-corrected chi connectivity index (χ4v) is 4.19. The number of hydrogen-bond donors (Lipinski definition) is 2. The van der Waals surface area contributed by atoms with E-state index in [0.717, 1.165) is 18.4 Å². The topological polar surface area (TPSA) is 87.7 Å². The predicted molar refractivity (Wildman–Crippen MR) is 120 cm³/mol. The maximum Gasteiger partial charge on any atom is 0.243 e. The van der Waals surface area contributed by atoms with Crippen LogP contribution < -0.4 is 10.6 Å². The molecule has 7 nitrogen and oxygen atoms in total. The number of methoxy groups -OCH3 is 1. The molecule has 0 radical (unpaired) electrons. The van der Waals surface area contributed by atoms with Crippen molar-refractivity contribution in [3.8, 4) is 0 Å². The molecule has 3 amide bonds. The van der Waals surface area contributed by atoms with Crippen molar-refractivity contribution in [1.82, 2.24) is 15.5 Å². The Morgan fingerprint density at radius 1 is 1.16 bits per heavy atom. The second kappa shape index (κ2) is 10.8. The van der Waals surface area contributed by atoms with Crippen LogP contribution in [-0.4, -0.2) is 60.0 Å². The lowest BCUT2D eigenvalue weighted by Crippen LogP contribution is -2.56. The van der Waals surface area contributed by atoms with Crippen molar-refractivity contribution < 1.29 is 19.1 Å². The van der Waals surface area contributed by atoms with Crippen molar-refractivity contribution >= 4 is 17.7 Å². The first kappa shape index (κ1) is 24.9. The highest BCUT2D eigenvalue weighted by Crippen LogP contribution is 2.26. The first-order valence-corrected chi connectivity index (χ1v) is 11.0. The molecular formula is C24H37N3O4. The quantitative estimate of drug-likeness (QED) is 0.661. The van der Waals surface area contributed by atoms with Gasteiger partial charge in [-0.1, -0.05) is 37.3 Å². The van der Waals surface area contributed by atoms with Crippen molar-refractivity contribution in [2.75, 3.05) is 13.7 Å². The minimum Gasteiger partial charge on any atom is -0.378 e. The molecule has 0 aliphatic carbocycles. The number of ether oxygens (including phenoxy) is 1. The van der Waals surface area contributed by atoms with Gasteiger partial charge in [-0.3, -0.25) is 14.4 Å². The molecule has 1 saturated heterocycles. The summed E-state index contributed by atoms with van der Waals surface area (Å²) in [6, 6.07) is 8.77. The number of amides is 3. The molecule has 2 N–H and O–H groups in total. The Morgan fingerprint density at radius 3 is 2.35 bits per heavy atom. The molecule has 1 aromatic rings. The van der Waals surface area contributed by atoms with Crippen LogP contribution in [0.5, 0.6) is 0 Å². The standard InChI is InChI=1S/C24H37N3O4/c1-16(21(31-6)20-13-10-14-27(20)17(2)28)22(29)25-19(23(30)26-24(3,4)5)15-18-11-8-7-9-12-18/h7-9,11-12,16,19-21H,10,13-15H2,1-6H3,(H,25,29)(H,26,30)/t16-,19+,20+,21-/m1/s1. The Kier molecular flexibility index (Phi) is 8.62. The van der Waals surface area contributed by atoms with Crippen LogP contribution in [0.3, 0.4) is 0 Å². The SMILES string of the molecule is CO[C@H]([C@@H](C)C(=O)N[C@@H](Cc1ccccc1)C(=O)NC(C)(C)C)[C@@H]1CCCN1C(C)=O. The number of carbonyl (C=O) groups is 3. The van der Waals surface area contributed by atoms with E-state index in [-0.39, 0.29) is 23.8 Å². The molecule has 0 bridgehead atoms. The monoisotopic (exact) mass is 431 g/mol. The summed E-state index contributed by atoms with van der Waals surface area (Å²) in [5, 5.41) is 5.90. The highest BCUT2D eigenvalue weighted by molar-refractivity contribution is 5.89. The molecule has 7 heteroatoms. The number of hydrogen-bond acceptors (Lipinski definition) is 4. The summed E-state index contributed by atoms with van der Waals surface area (Å²) in [5.74, 6) is -1.01. The second-order valence-corrected chi connectivity index (χ2v) is 9.40. The number of benzene rings is 1. The Hall–Kier alpha value is -2.41. The predicted octanol–water partition coefficient (Wildman–Crippen LogP) is 2.29. The third kappa shape index (κ3) is 7.06. The summed E-state index contributed by atoms with van der Waals surface area (Å²) >= 11 is 0. The third-order valence-corrected chi connectivity index (χ3v) is 5.68. The van der Waals surface area contributed by atoms with Gasteiger partial charge in [0.2, 0.25) is 17.7 Å². The molecule has 1 aliphatic heterocycles. The van der Waals surface area contributed by atoms with Crippen LogP contribution in [0.25, 0.3) is 0 Å². The van der Waals surface area contributed by atoms with Gasteiger partial charge in [0, 0.05) is 32.5 Å². The molecule has 1 aromatic carbocycles. The zero-order valence-electron chi connectivity index (χ0n) is 19.6. The number of likely N-dealkylation sites (tertiary alicyclic amines) is 1. The Bertz CT molecular complexity index is 760. The lowest BCUT2D eigenvalue weighted by molar-refractivity contribution is -0.139.